The molecule has 1 aliphatic rings. The van der Waals surface area contributed by atoms with Gasteiger partial charge in [-0.2, -0.15) is 0 Å². The minimum absolute atomic E-state index is 0.415. The average Bonchev–Trinajstić information content (AvgIpc) is 2.38. The fraction of sp³-hybridized carbons (Fsp3) is 0.500. The molecule has 18 heavy (non-hydrogen) atoms. The first-order valence-electron chi connectivity index (χ1n) is 6.26. The highest BCUT2D eigenvalue weighted by Crippen LogP contribution is 2.30. The van der Waals surface area contributed by atoms with Gasteiger partial charge < -0.3 is 9.84 Å². The van der Waals surface area contributed by atoms with Crippen molar-refractivity contribution in [3.05, 3.63) is 29.8 Å². The molecule has 1 N–H and O–H groups in total. The number of carboxylic acids is 1. The van der Waals surface area contributed by atoms with Crippen LogP contribution < -0.4 is 0 Å². The zero-order chi connectivity index (χ0) is 13.0. The van der Waals surface area contributed by atoms with E-state index in [9.17, 15) is 9.90 Å². The molecule has 0 aliphatic carbocycles. The standard InChI is InChI=1S/C14H18O3S/c15-14(16)13(9-10-5-7-17-8-6-10)11-1-3-12(18)4-2-11/h1-4,10,13,18H,5-9H2,(H,15,16). The molecule has 0 aromatic heterocycles. The molecule has 1 aromatic rings. The Morgan fingerprint density at radius 2 is 1.94 bits per heavy atom. The van der Waals surface area contributed by atoms with Gasteiger partial charge >= 0.3 is 5.97 Å². The van der Waals surface area contributed by atoms with Gasteiger partial charge in [0.15, 0.2) is 0 Å². The van der Waals surface area contributed by atoms with Crippen molar-refractivity contribution >= 4 is 18.6 Å². The second-order valence-corrected chi connectivity index (χ2v) is 5.29. The van der Waals surface area contributed by atoms with E-state index in [-0.39, 0.29) is 0 Å². The molecule has 4 heteroatoms. The van der Waals surface area contributed by atoms with Gasteiger partial charge in [0.1, 0.15) is 0 Å². The largest absolute Gasteiger partial charge is 0.481 e. The third kappa shape index (κ3) is 3.50. The van der Waals surface area contributed by atoms with Crippen molar-refractivity contribution < 1.29 is 14.6 Å². The molecule has 2 rings (SSSR count). The van der Waals surface area contributed by atoms with Crippen LogP contribution in [0.3, 0.4) is 0 Å². The summed E-state index contributed by atoms with van der Waals surface area (Å²) in [6.07, 6.45) is 2.63. The molecule has 3 nitrogen and oxygen atoms in total. The molecule has 1 aliphatic heterocycles. The van der Waals surface area contributed by atoms with Crippen LogP contribution in [0.2, 0.25) is 0 Å². The molecule has 0 bridgehead atoms. The molecule has 1 atom stereocenters. The van der Waals surface area contributed by atoms with Crippen molar-refractivity contribution in [2.75, 3.05) is 13.2 Å². The monoisotopic (exact) mass is 266 g/mol. The molecule has 1 saturated heterocycles. The topological polar surface area (TPSA) is 46.5 Å². The van der Waals surface area contributed by atoms with Crippen molar-refractivity contribution in [1.29, 1.82) is 0 Å². The average molecular weight is 266 g/mol. The van der Waals surface area contributed by atoms with Gasteiger partial charge in [-0.1, -0.05) is 12.1 Å². The second kappa shape index (κ2) is 6.25. The Balaban J connectivity index is 2.07. The Labute approximate surface area is 113 Å². The molecule has 1 fully saturated rings. The SMILES string of the molecule is O=C(O)C(CC1CCOCC1)c1ccc(S)cc1. The summed E-state index contributed by atoms with van der Waals surface area (Å²) < 4.78 is 5.31. The molecular formula is C14H18O3S. The van der Waals surface area contributed by atoms with Crippen LogP contribution in [0.25, 0.3) is 0 Å². The van der Waals surface area contributed by atoms with Crippen LogP contribution in [-0.4, -0.2) is 24.3 Å². The van der Waals surface area contributed by atoms with Crippen molar-refractivity contribution in [2.45, 2.75) is 30.1 Å². The lowest BCUT2D eigenvalue weighted by Crippen LogP contribution is -2.21. The third-order valence-corrected chi connectivity index (χ3v) is 3.80. The zero-order valence-electron chi connectivity index (χ0n) is 10.2. The highest BCUT2D eigenvalue weighted by atomic mass is 32.1. The van der Waals surface area contributed by atoms with Crippen LogP contribution in [0.1, 0.15) is 30.7 Å². The fourth-order valence-corrected chi connectivity index (χ4v) is 2.55. The highest BCUT2D eigenvalue weighted by molar-refractivity contribution is 7.80. The number of hydrogen-bond acceptors (Lipinski definition) is 3. The van der Waals surface area contributed by atoms with E-state index in [1.54, 1.807) is 0 Å². The molecule has 0 spiro atoms. The number of benzene rings is 1. The smallest absolute Gasteiger partial charge is 0.310 e. The summed E-state index contributed by atoms with van der Waals surface area (Å²) in [5.41, 5.74) is 0.867. The van der Waals surface area contributed by atoms with Gasteiger partial charge in [0.05, 0.1) is 5.92 Å². The van der Waals surface area contributed by atoms with E-state index in [2.05, 4.69) is 12.6 Å². The summed E-state index contributed by atoms with van der Waals surface area (Å²) in [6, 6.07) is 7.41. The van der Waals surface area contributed by atoms with Crippen molar-refractivity contribution in [3.8, 4) is 0 Å². The normalized spacial score (nSPS) is 18.5. The van der Waals surface area contributed by atoms with Crippen molar-refractivity contribution in [2.24, 2.45) is 5.92 Å². The first-order chi connectivity index (χ1) is 8.66. The quantitative estimate of drug-likeness (QED) is 0.824. The first-order valence-corrected chi connectivity index (χ1v) is 6.71. The lowest BCUT2D eigenvalue weighted by Gasteiger charge is -2.25. The van der Waals surface area contributed by atoms with E-state index in [0.29, 0.717) is 12.3 Å². The minimum Gasteiger partial charge on any atom is -0.481 e. The number of hydrogen-bond donors (Lipinski definition) is 2. The number of carbonyl (C=O) groups is 1. The van der Waals surface area contributed by atoms with Crippen molar-refractivity contribution in [1.82, 2.24) is 0 Å². The van der Waals surface area contributed by atoms with Crippen LogP contribution in [0.15, 0.2) is 29.2 Å². The summed E-state index contributed by atoms with van der Waals surface area (Å²) in [6.45, 7) is 1.51. The molecule has 1 unspecified atom stereocenters. The Kier molecular flexibility index (Phi) is 4.66. The van der Waals surface area contributed by atoms with Crippen molar-refractivity contribution in [3.63, 3.8) is 0 Å². The van der Waals surface area contributed by atoms with Crippen LogP contribution in [0, 0.1) is 5.92 Å². The van der Waals surface area contributed by atoms with Crippen LogP contribution in [0.4, 0.5) is 0 Å². The van der Waals surface area contributed by atoms with Gasteiger partial charge in [0.2, 0.25) is 0 Å². The zero-order valence-corrected chi connectivity index (χ0v) is 11.1. The molecule has 1 heterocycles. The summed E-state index contributed by atoms with van der Waals surface area (Å²) >= 11 is 4.22. The summed E-state index contributed by atoms with van der Waals surface area (Å²) in [5, 5.41) is 9.38. The maximum absolute atomic E-state index is 11.4. The van der Waals surface area contributed by atoms with Gasteiger partial charge in [-0.25, -0.2) is 0 Å². The number of aliphatic carboxylic acids is 1. The lowest BCUT2D eigenvalue weighted by molar-refractivity contribution is -0.139. The first kappa shape index (κ1) is 13.4. The third-order valence-electron chi connectivity index (χ3n) is 3.50. The number of carboxylic acid groups (broad SMARTS) is 1. The lowest BCUT2D eigenvalue weighted by atomic mass is 9.85. The number of ether oxygens (including phenoxy) is 1. The van der Waals surface area contributed by atoms with Crippen LogP contribution in [0.5, 0.6) is 0 Å². The summed E-state index contributed by atoms with van der Waals surface area (Å²) in [5.74, 6) is -0.703. The Hall–Kier alpha value is -1.00. The second-order valence-electron chi connectivity index (χ2n) is 4.77. The minimum atomic E-state index is -0.742. The predicted molar refractivity (Wildman–Crippen MR) is 72.2 cm³/mol. The predicted octanol–water partition coefficient (Wildman–Crippen LogP) is 2.96. The maximum Gasteiger partial charge on any atom is 0.310 e. The van der Waals surface area contributed by atoms with Gasteiger partial charge in [-0.05, 0) is 42.9 Å². The molecule has 0 saturated carbocycles. The van der Waals surface area contributed by atoms with Crippen LogP contribution in [-0.2, 0) is 9.53 Å². The van der Waals surface area contributed by atoms with Gasteiger partial charge in [-0.3, -0.25) is 4.79 Å². The van der Waals surface area contributed by atoms with Gasteiger partial charge in [0.25, 0.3) is 0 Å². The fourth-order valence-electron chi connectivity index (χ4n) is 2.40. The van der Waals surface area contributed by atoms with Gasteiger partial charge in [0, 0.05) is 18.1 Å². The molecule has 98 valence electrons. The molecule has 0 amide bonds. The number of rotatable bonds is 4. The maximum atomic E-state index is 11.4. The molecular weight excluding hydrogens is 248 g/mol. The molecule has 0 radical (unpaired) electrons. The van der Waals surface area contributed by atoms with E-state index >= 15 is 0 Å². The Bertz CT molecular complexity index is 396. The van der Waals surface area contributed by atoms with Gasteiger partial charge in [-0.15, -0.1) is 12.6 Å². The Morgan fingerprint density at radius 3 is 2.50 bits per heavy atom. The van der Waals surface area contributed by atoms with E-state index in [1.807, 2.05) is 24.3 Å². The van der Waals surface area contributed by atoms with E-state index < -0.39 is 11.9 Å². The molecule has 1 aromatic carbocycles. The summed E-state index contributed by atoms with van der Waals surface area (Å²) in [4.78, 5) is 12.3. The summed E-state index contributed by atoms with van der Waals surface area (Å²) in [7, 11) is 0. The van der Waals surface area contributed by atoms with Crippen LogP contribution >= 0.6 is 12.6 Å². The van der Waals surface area contributed by atoms with E-state index in [0.717, 1.165) is 36.5 Å². The Morgan fingerprint density at radius 1 is 1.33 bits per heavy atom. The number of thiol groups is 1. The highest BCUT2D eigenvalue weighted by Gasteiger charge is 2.25. The van der Waals surface area contributed by atoms with E-state index in [4.69, 9.17) is 4.74 Å². The van der Waals surface area contributed by atoms with E-state index in [1.165, 1.54) is 0 Å².